The van der Waals surface area contributed by atoms with Gasteiger partial charge < -0.3 is 9.72 Å². The lowest BCUT2D eigenvalue weighted by Gasteiger charge is -2.07. The van der Waals surface area contributed by atoms with Crippen molar-refractivity contribution in [2.75, 3.05) is 0 Å². The van der Waals surface area contributed by atoms with E-state index in [1.54, 1.807) is 54.6 Å². The van der Waals surface area contributed by atoms with E-state index < -0.39 is 5.97 Å². The molecule has 1 aromatic heterocycles. The lowest BCUT2D eigenvalue weighted by Crippen LogP contribution is -2.10. The third kappa shape index (κ3) is 3.61. The Morgan fingerprint density at radius 1 is 0.926 bits per heavy atom. The van der Waals surface area contributed by atoms with E-state index in [9.17, 15) is 9.59 Å². The second-order valence-corrected chi connectivity index (χ2v) is 6.99. The Morgan fingerprint density at radius 2 is 1.63 bits per heavy atom. The summed E-state index contributed by atoms with van der Waals surface area (Å²) in [5.74, 6) is 0.478. The van der Waals surface area contributed by atoms with Crippen LogP contribution in [0.3, 0.4) is 0 Å². The lowest BCUT2D eigenvalue weighted by atomic mass is 10.2. The fraction of sp³-hybridized carbons (Fsp3) is 0. The fourth-order valence-corrected chi connectivity index (χ4v) is 3.30. The summed E-state index contributed by atoms with van der Waals surface area (Å²) in [7, 11) is 0. The monoisotopic (exact) mass is 468 g/mol. The first-order valence-corrected chi connectivity index (χ1v) is 9.26. The Kier molecular flexibility index (Phi) is 4.72. The molecule has 0 aliphatic heterocycles. The first-order valence-electron chi connectivity index (χ1n) is 8.18. The standard InChI is InChI=1S/C21H13IN2O3/c22-17-7-3-1-5-15(17)21(26)27-14-11-9-13(10-12-14)19-23-18-8-4-2-6-16(18)20(25)24-19/h1-12H,(H,23,24,25). The molecular formula is C21H13IN2O3. The molecule has 132 valence electrons. The zero-order valence-electron chi connectivity index (χ0n) is 14.0. The van der Waals surface area contributed by atoms with Gasteiger partial charge in [0.25, 0.3) is 5.56 Å². The van der Waals surface area contributed by atoms with Gasteiger partial charge in [0.1, 0.15) is 11.6 Å². The minimum atomic E-state index is -0.412. The van der Waals surface area contributed by atoms with Crippen LogP contribution in [-0.2, 0) is 0 Å². The van der Waals surface area contributed by atoms with Crippen molar-refractivity contribution >= 4 is 39.5 Å². The summed E-state index contributed by atoms with van der Waals surface area (Å²) in [6.45, 7) is 0. The highest BCUT2D eigenvalue weighted by atomic mass is 127. The first-order chi connectivity index (χ1) is 13.1. The quantitative estimate of drug-likeness (QED) is 0.275. The minimum Gasteiger partial charge on any atom is -0.423 e. The van der Waals surface area contributed by atoms with Gasteiger partial charge in [0.15, 0.2) is 0 Å². The number of rotatable bonds is 3. The van der Waals surface area contributed by atoms with Gasteiger partial charge >= 0.3 is 5.97 Å². The Morgan fingerprint density at radius 3 is 2.41 bits per heavy atom. The Bertz CT molecular complexity index is 1200. The summed E-state index contributed by atoms with van der Waals surface area (Å²) in [6, 6.07) is 21.3. The van der Waals surface area contributed by atoms with Gasteiger partial charge in [-0.3, -0.25) is 4.79 Å². The second kappa shape index (κ2) is 7.32. The number of para-hydroxylation sites is 1. The maximum atomic E-state index is 12.3. The molecule has 0 saturated heterocycles. The number of aromatic nitrogens is 2. The molecule has 0 saturated carbocycles. The molecule has 0 atom stereocenters. The second-order valence-electron chi connectivity index (χ2n) is 5.83. The molecule has 1 heterocycles. The number of carbonyl (C=O) groups excluding carboxylic acids is 1. The van der Waals surface area contributed by atoms with Gasteiger partial charge in [0.05, 0.1) is 16.5 Å². The number of esters is 1. The van der Waals surface area contributed by atoms with E-state index in [1.165, 1.54) is 0 Å². The molecule has 0 radical (unpaired) electrons. The van der Waals surface area contributed by atoms with Crippen LogP contribution >= 0.6 is 22.6 Å². The van der Waals surface area contributed by atoms with Gasteiger partial charge in [-0.15, -0.1) is 0 Å². The number of hydrogen-bond donors (Lipinski definition) is 1. The topological polar surface area (TPSA) is 72.0 Å². The molecule has 3 aromatic carbocycles. The molecule has 6 heteroatoms. The largest absolute Gasteiger partial charge is 0.423 e. The highest BCUT2D eigenvalue weighted by molar-refractivity contribution is 14.1. The van der Waals surface area contributed by atoms with Crippen LogP contribution in [0.4, 0.5) is 0 Å². The highest BCUT2D eigenvalue weighted by Gasteiger charge is 2.12. The summed E-state index contributed by atoms with van der Waals surface area (Å²) in [6.07, 6.45) is 0. The maximum absolute atomic E-state index is 12.3. The summed E-state index contributed by atoms with van der Waals surface area (Å²) in [5.41, 5.74) is 1.69. The average Bonchev–Trinajstić information content (AvgIpc) is 2.69. The maximum Gasteiger partial charge on any atom is 0.344 e. The third-order valence-electron chi connectivity index (χ3n) is 4.04. The summed E-state index contributed by atoms with van der Waals surface area (Å²) < 4.78 is 6.26. The van der Waals surface area contributed by atoms with Gasteiger partial charge in [0.2, 0.25) is 0 Å². The van der Waals surface area contributed by atoms with E-state index in [1.807, 2.05) is 18.2 Å². The van der Waals surface area contributed by atoms with Gasteiger partial charge in [-0.2, -0.15) is 0 Å². The van der Waals surface area contributed by atoms with E-state index in [0.29, 0.717) is 28.0 Å². The number of fused-ring (bicyclic) bond motifs is 1. The van der Waals surface area contributed by atoms with Crippen molar-refractivity contribution in [1.29, 1.82) is 0 Å². The SMILES string of the molecule is O=C(Oc1ccc(-c2nc3ccccc3c(=O)[nH]2)cc1)c1ccccc1I. The molecule has 1 N–H and O–H groups in total. The van der Waals surface area contributed by atoms with E-state index in [4.69, 9.17) is 4.74 Å². The molecule has 0 bridgehead atoms. The number of nitrogens with zero attached hydrogens (tertiary/aromatic N) is 1. The third-order valence-corrected chi connectivity index (χ3v) is 4.99. The summed E-state index contributed by atoms with van der Waals surface area (Å²) in [5, 5.41) is 0.546. The number of benzene rings is 3. The first kappa shape index (κ1) is 17.4. The smallest absolute Gasteiger partial charge is 0.344 e. The molecule has 0 amide bonds. The van der Waals surface area contributed by atoms with Crippen LogP contribution in [0.15, 0.2) is 77.6 Å². The number of hydrogen-bond acceptors (Lipinski definition) is 4. The zero-order valence-corrected chi connectivity index (χ0v) is 16.1. The fourth-order valence-electron chi connectivity index (χ4n) is 2.69. The molecule has 0 fully saturated rings. The predicted octanol–water partition coefficient (Wildman–Crippen LogP) is 4.41. The number of aromatic amines is 1. The van der Waals surface area contributed by atoms with Crippen molar-refractivity contribution in [1.82, 2.24) is 9.97 Å². The molecule has 27 heavy (non-hydrogen) atoms. The molecule has 4 aromatic rings. The van der Waals surface area contributed by atoms with Gasteiger partial charge in [-0.05, 0) is 71.1 Å². The van der Waals surface area contributed by atoms with E-state index >= 15 is 0 Å². The molecule has 0 unspecified atom stereocenters. The molecule has 0 spiro atoms. The number of carbonyl (C=O) groups is 1. The van der Waals surface area contributed by atoms with Crippen molar-refractivity contribution in [3.8, 4) is 17.1 Å². The number of halogens is 1. The van der Waals surface area contributed by atoms with E-state index in [0.717, 1.165) is 9.13 Å². The van der Waals surface area contributed by atoms with E-state index in [2.05, 4.69) is 32.6 Å². The Hall–Kier alpha value is -3.00. The van der Waals surface area contributed by atoms with Gasteiger partial charge in [0, 0.05) is 9.13 Å². The van der Waals surface area contributed by atoms with Crippen molar-refractivity contribution in [3.05, 3.63) is 92.3 Å². The van der Waals surface area contributed by atoms with Crippen LogP contribution in [0.25, 0.3) is 22.3 Å². The number of H-pyrrole nitrogens is 1. The minimum absolute atomic E-state index is 0.190. The normalized spacial score (nSPS) is 10.7. The predicted molar refractivity (Wildman–Crippen MR) is 112 cm³/mol. The average molecular weight is 468 g/mol. The van der Waals surface area contributed by atoms with Crippen LogP contribution in [0.2, 0.25) is 0 Å². The lowest BCUT2D eigenvalue weighted by molar-refractivity contribution is 0.0733. The van der Waals surface area contributed by atoms with Gasteiger partial charge in [-0.25, -0.2) is 9.78 Å². The van der Waals surface area contributed by atoms with Gasteiger partial charge in [-0.1, -0.05) is 24.3 Å². The Labute approximate surface area is 168 Å². The van der Waals surface area contributed by atoms with Crippen LogP contribution < -0.4 is 10.3 Å². The number of nitrogens with one attached hydrogen (secondary N) is 1. The van der Waals surface area contributed by atoms with Crippen LogP contribution in [0.5, 0.6) is 5.75 Å². The van der Waals surface area contributed by atoms with Crippen LogP contribution in [0, 0.1) is 3.57 Å². The Balaban J connectivity index is 1.60. The van der Waals surface area contributed by atoms with E-state index in [-0.39, 0.29) is 5.56 Å². The molecule has 5 nitrogen and oxygen atoms in total. The van der Waals surface area contributed by atoms with Crippen molar-refractivity contribution in [3.63, 3.8) is 0 Å². The zero-order chi connectivity index (χ0) is 18.8. The highest BCUT2D eigenvalue weighted by Crippen LogP contribution is 2.21. The molecular weight excluding hydrogens is 455 g/mol. The van der Waals surface area contributed by atoms with Crippen molar-refractivity contribution in [2.45, 2.75) is 0 Å². The van der Waals surface area contributed by atoms with Crippen LogP contribution in [-0.4, -0.2) is 15.9 Å². The number of ether oxygens (including phenoxy) is 1. The van der Waals surface area contributed by atoms with Crippen molar-refractivity contribution < 1.29 is 9.53 Å². The summed E-state index contributed by atoms with van der Waals surface area (Å²) >= 11 is 2.10. The van der Waals surface area contributed by atoms with Crippen molar-refractivity contribution in [2.24, 2.45) is 0 Å². The van der Waals surface area contributed by atoms with Crippen LogP contribution in [0.1, 0.15) is 10.4 Å². The summed E-state index contributed by atoms with van der Waals surface area (Å²) in [4.78, 5) is 31.8. The molecule has 0 aliphatic rings. The molecule has 4 rings (SSSR count). The molecule has 0 aliphatic carbocycles.